The Balaban J connectivity index is 1.91. The first-order valence-electron chi connectivity index (χ1n) is 6.12. The van der Waals surface area contributed by atoms with E-state index in [1.165, 1.54) is 0 Å². The van der Waals surface area contributed by atoms with Crippen molar-refractivity contribution in [2.24, 2.45) is 17.8 Å². The molecule has 2 rings (SSSR count). The Morgan fingerprint density at radius 2 is 1.84 bits per heavy atom. The number of aliphatic carboxylic acids is 1. The highest BCUT2D eigenvalue weighted by Crippen LogP contribution is 2.48. The first kappa shape index (κ1) is 14.0. The Labute approximate surface area is 107 Å². The fourth-order valence-electron chi connectivity index (χ4n) is 3.24. The molecule has 2 aliphatic rings. The molecule has 8 heteroatoms. The van der Waals surface area contributed by atoms with Crippen LogP contribution in [0.15, 0.2) is 0 Å². The van der Waals surface area contributed by atoms with Gasteiger partial charge in [-0.1, -0.05) is 0 Å². The maximum Gasteiger partial charge on any atom is 0.405 e. The molecule has 0 heterocycles. The second-order valence-electron chi connectivity index (χ2n) is 5.17. The normalized spacial score (nSPS) is 33.2. The Kier molecular flexibility index (Phi) is 3.60. The van der Waals surface area contributed by atoms with Crippen LogP contribution in [0.25, 0.3) is 0 Å². The van der Waals surface area contributed by atoms with Gasteiger partial charge in [0.25, 0.3) is 0 Å². The highest BCUT2D eigenvalue weighted by molar-refractivity contribution is 5.77. The minimum atomic E-state index is -4.47. The van der Waals surface area contributed by atoms with Crippen LogP contribution in [-0.2, 0) is 4.79 Å². The summed E-state index contributed by atoms with van der Waals surface area (Å²) in [6, 6.07) is -1.52. The zero-order valence-corrected chi connectivity index (χ0v) is 10.0. The maximum atomic E-state index is 11.9. The molecule has 0 spiro atoms. The zero-order chi connectivity index (χ0) is 14.2. The van der Waals surface area contributed by atoms with E-state index in [2.05, 4.69) is 5.32 Å². The van der Waals surface area contributed by atoms with Gasteiger partial charge in [-0.15, -0.1) is 0 Å². The van der Waals surface area contributed by atoms with Crippen molar-refractivity contribution in [1.82, 2.24) is 10.6 Å². The molecule has 108 valence electrons. The summed E-state index contributed by atoms with van der Waals surface area (Å²) in [5, 5.41) is 13.2. The lowest BCUT2D eigenvalue weighted by molar-refractivity contribution is -0.144. The second-order valence-corrected chi connectivity index (χ2v) is 5.17. The SMILES string of the molecule is O=C(NCC(F)(F)F)NC1C2CCC(C2)C1C(=O)O. The summed E-state index contributed by atoms with van der Waals surface area (Å²) < 4.78 is 35.8. The molecule has 2 aliphatic carbocycles. The van der Waals surface area contributed by atoms with Crippen molar-refractivity contribution in [3.8, 4) is 0 Å². The van der Waals surface area contributed by atoms with Crippen LogP contribution >= 0.6 is 0 Å². The monoisotopic (exact) mass is 280 g/mol. The number of alkyl halides is 3. The van der Waals surface area contributed by atoms with E-state index in [-0.39, 0.29) is 11.8 Å². The predicted octanol–water partition coefficient (Wildman–Crippen LogP) is 1.35. The van der Waals surface area contributed by atoms with Crippen molar-refractivity contribution in [1.29, 1.82) is 0 Å². The molecule has 2 saturated carbocycles. The van der Waals surface area contributed by atoms with Gasteiger partial charge in [-0.25, -0.2) is 4.79 Å². The van der Waals surface area contributed by atoms with Crippen molar-refractivity contribution in [2.75, 3.05) is 6.54 Å². The first-order chi connectivity index (χ1) is 8.78. The van der Waals surface area contributed by atoms with Crippen LogP contribution in [0.1, 0.15) is 19.3 Å². The number of hydrogen-bond donors (Lipinski definition) is 3. The minimum absolute atomic E-state index is 0.0235. The quantitative estimate of drug-likeness (QED) is 0.730. The third-order valence-corrected chi connectivity index (χ3v) is 3.95. The number of carboxylic acid groups (broad SMARTS) is 1. The topological polar surface area (TPSA) is 78.4 Å². The van der Waals surface area contributed by atoms with Gasteiger partial charge in [-0.05, 0) is 31.1 Å². The molecule has 2 amide bonds. The van der Waals surface area contributed by atoms with Gasteiger partial charge in [0, 0.05) is 6.04 Å². The molecule has 3 N–H and O–H groups in total. The lowest BCUT2D eigenvalue weighted by Gasteiger charge is -2.28. The molecule has 0 aromatic heterocycles. The molecule has 0 aromatic carbocycles. The fraction of sp³-hybridized carbons (Fsp3) is 0.818. The van der Waals surface area contributed by atoms with E-state index in [0.29, 0.717) is 0 Å². The number of urea groups is 1. The Bertz CT molecular complexity index is 386. The number of nitrogens with one attached hydrogen (secondary N) is 2. The number of carbonyl (C=O) groups is 2. The molecule has 0 aromatic rings. The van der Waals surface area contributed by atoms with Crippen molar-refractivity contribution >= 4 is 12.0 Å². The lowest BCUT2D eigenvalue weighted by Crippen LogP contribution is -2.51. The van der Waals surface area contributed by atoms with Crippen LogP contribution < -0.4 is 10.6 Å². The summed E-state index contributed by atoms with van der Waals surface area (Å²) in [4.78, 5) is 22.5. The molecule has 5 nitrogen and oxygen atoms in total. The van der Waals surface area contributed by atoms with Crippen molar-refractivity contribution in [3.05, 3.63) is 0 Å². The van der Waals surface area contributed by atoms with Crippen LogP contribution in [0.5, 0.6) is 0 Å². The minimum Gasteiger partial charge on any atom is -0.481 e. The molecule has 2 fully saturated rings. The second kappa shape index (κ2) is 4.90. The number of amides is 2. The van der Waals surface area contributed by atoms with Crippen molar-refractivity contribution in [3.63, 3.8) is 0 Å². The third-order valence-electron chi connectivity index (χ3n) is 3.95. The summed E-state index contributed by atoms with van der Waals surface area (Å²) in [6.45, 7) is -1.42. The molecule has 4 unspecified atom stereocenters. The third kappa shape index (κ3) is 3.10. The zero-order valence-electron chi connectivity index (χ0n) is 10.0. The molecule has 0 radical (unpaired) electrons. The fourth-order valence-corrected chi connectivity index (χ4v) is 3.24. The van der Waals surface area contributed by atoms with Crippen molar-refractivity contribution < 1.29 is 27.9 Å². The molecule has 2 bridgehead atoms. The Morgan fingerprint density at radius 1 is 1.21 bits per heavy atom. The van der Waals surface area contributed by atoms with E-state index < -0.39 is 36.7 Å². The van der Waals surface area contributed by atoms with Gasteiger partial charge >= 0.3 is 18.2 Å². The highest BCUT2D eigenvalue weighted by Gasteiger charge is 2.51. The average molecular weight is 280 g/mol. The molecule has 0 saturated heterocycles. The molecular formula is C11H15F3N2O3. The number of carboxylic acids is 1. The van der Waals surface area contributed by atoms with Crippen LogP contribution in [-0.4, -0.2) is 35.9 Å². The van der Waals surface area contributed by atoms with Crippen LogP contribution in [0.4, 0.5) is 18.0 Å². The van der Waals surface area contributed by atoms with Gasteiger partial charge in [-0.2, -0.15) is 13.2 Å². The standard InChI is InChI=1S/C11H15F3N2O3/c12-11(13,14)4-15-10(19)16-8-6-2-1-5(3-6)7(8)9(17)18/h5-8H,1-4H2,(H,17,18)(H2,15,16,19). The van der Waals surface area contributed by atoms with Gasteiger partial charge in [0.05, 0.1) is 5.92 Å². The summed E-state index contributed by atoms with van der Waals surface area (Å²) in [5.74, 6) is -1.60. The summed E-state index contributed by atoms with van der Waals surface area (Å²) in [6.07, 6.45) is -2.12. The Morgan fingerprint density at radius 3 is 2.42 bits per heavy atom. The number of hydrogen-bond acceptors (Lipinski definition) is 2. The van der Waals surface area contributed by atoms with Gasteiger partial charge in [0.1, 0.15) is 6.54 Å². The molecule has 0 aliphatic heterocycles. The van der Waals surface area contributed by atoms with E-state index in [9.17, 15) is 22.8 Å². The first-order valence-corrected chi connectivity index (χ1v) is 6.12. The smallest absolute Gasteiger partial charge is 0.405 e. The Hall–Kier alpha value is -1.47. The van der Waals surface area contributed by atoms with E-state index in [1.54, 1.807) is 5.32 Å². The van der Waals surface area contributed by atoms with Crippen molar-refractivity contribution in [2.45, 2.75) is 31.5 Å². The summed E-state index contributed by atoms with van der Waals surface area (Å²) in [5.41, 5.74) is 0. The average Bonchev–Trinajstić information content (AvgIpc) is 2.85. The van der Waals surface area contributed by atoms with Crippen LogP contribution in [0.3, 0.4) is 0 Å². The maximum absolute atomic E-state index is 11.9. The molecule has 4 atom stereocenters. The van der Waals surface area contributed by atoms with Crippen LogP contribution in [0, 0.1) is 17.8 Å². The van der Waals surface area contributed by atoms with Crippen LogP contribution in [0.2, 0.25) is 0 Å². The number of carbonyl (C=O) groups excluding carboxylic acids is 1. The van der Waals surface area contributed by atoms with Gasteiger partial charge < -0.3 is 15.7 Å². The summed E-state index contributed by atoms with van der Waals surface area (Å²) in [7, 11) is 0. The predicted molar refractivity (Wildman–Crippen MR) is 58.3 cm³/mol. The van der Waals surface area contributed by atoms with E-state index in [0.717, 1.165) is 19.3 Å². The van der Waals surface area contributed by atoms with E-state index in [4.69, 9.17) is 5.11 Å². The molecule has 19 heavy (non-hydrogen) atoms. The number of rotatable bonds is 3. The van der Waals surface area contributed by atoms with Gasteiger partial charge in [0.15, 0.2) is 0 Å². The van der Waals surface area contributed by atoms with E-state index in [1.807, 2.05) is 0 Å². The number of halogens is 3. The van der Waals surface area contributed by atoms with Gasteiger partial charge in [-0.3, -0.25) is 4.79 Å². The summed E-state index contributed by atoms with van der Waals surface area (Å²) >= 11 is 0. The largest absolute Gasteiger partial charge is 0.481 e. The van der Waals surface area contributed by atoms with E-state index >= 15 is 0 Å². The lowest BCUT2D eigenvalue weighted by atomic mass is 9.84. The van der Waals surface area contributed by atoms with Gasteiger partial charge in [0.2, 0.25) is 0 Å². The highest BCUT2D eigenvalue weighted by atomic mass is 19.4. The molecular weight excluding hydrogens is 265 g/mol. The number of fused-ring (bicyclic) bond motifs is 2.